The molecule has 3 heterocycles. The van der Waals surface area contributed by atoms with Crippen LogP contribution in [0.3, 0.4) is 0 Å². The fourth-order valence-corrected chi connectivity index (χ4v) is 4.61. The summed E-state index contributed by atoms with van der Waals surface area (Å²) in [6.45, 7) is 1.85. The molecule has 30 heavy (non-hydrogen) atoms. The van der Waals surface area contributed by atoms with Crippen molar-refractivity contribution in [1.82, 2.24) is 15.0 Å². The maximum Gasteiger partial charge on any atom is 0.229 e. The number of fused-ring (bicyclic) bond motifs is 2. The molecule has 0 saturated carbocycles. The molecule has 2 aromatic heterocycles. The zero-order chi connectivity index (χ0) is 20.7. The minimum Gasteiger partial charge on any atom is -0.496 e. The molecule has 5 rings (SSSR count). The molecule has 0 atom stereocenters. The molecule has 0 spiro atoms. The first-order valence-corrected chi connectivity index (χ1v) is 10.6. The second-order valence-electron chi connectivity index (χ2n) is 7.94. The van der Waals surface area contributed by atoms with Crippen molar-refractivity contribution in [1.29, 1.82) is 0 Å². The van der Waals surface area contributed by atoms with Gasteiger partial charge in [-0.3, -0.25) is 4.79 Å². The maximum atomic E-state index is 13.0. The van der Waals surface area contributed by atoms with Gasteiger partial charge in [0.15, 0.2) is 11.4 Å². The van der Waals surface area contributed by atoms with Gasteiger partial charge >= 0.3 is 0 Å². The lowest BCUT2D eigenvalue weighted by atomic mass is 9.86. The van der Waals surface area contributed by atoms with Gasteiger partial charge in [-0.1, -0.05) is 18.2 Å². The number of para-hydroxylation sites is 1. The number of hydrogen-bond acceptors (Lipinski definition) is 7. The zero-order valence-corrected chi connectivity index (χ0v) is 17.1. The number of ketones is 1. The number of aromatic nitrogens is 3. The van der Waals surface area contributed by atoms with Gasteiger partial charge in [-0.2, -0.15) is 9.97 Å². The van der Waals surface area contributed by atoms with Crippen LogP contribution in [-0.4, -0.2) is 40.9 Å². The number of carbonyl (C=O) groups excluding carboxylic acids is 1. The highest BCUT2D eigenvalue weighted by atomic mass is 16.5. The molecule has 0 radical (unpaired) electrons. The Hall–Kier alpha value is -3.22. The number of rotatable bonds is 3. The smallest absolute Gasteiger partial charge is 0.229 e. The van der Waals surface area contributed by atoms with Gasteiger partial charge in [-0.05, 0) is 38.2 Å². The van der Waals surface area contributed by atoms with Crippen molar-refractivity contribution in [3.8, 4) is 16.9 Å². The SMILES string of the molecule is COc1ccccc1-c1c2c(nc3nc(N4CCCCC4)nc(N)c13)CCCC2=O. The van der Waals surface area contributed by atoms with E-state index in [4.69, 9.17) is 20.4 Å². The van der Waals surface area contributed by atoms with Crippen LogP contribution in [0.1, 0.15) is 48.2 Å². The van der Waals surface area contributed by atoms with E-state index in [-0.39, 0.29) is 5.78 Å². The van der Waals surface area contributed by atoms with E-state index in [0.29, 0.717) is 40.5 Å². The summed E-state index contributed by atoms with van der Waals surface area (Å²) in [7, 11) is 1.63. The van der Waals surface area contributed by atoms with Gasteiger partial charge in [0.2, 0.25) is 5.95 Å². The standard InChI is InChI=1S/C23H25N5O2/c1-30-17-11-4-3-8-14(17)18-19-15(9-7-10-16(19)29)25-22-20(18)21(24)26-23(27-22)28-12-5-2-6-13-28/h3-4,8,11H,2,5-7,9-10,12-13H2,1H3,(H2,24,25,26,27). The number of carbonyl (C=O) groups is 1. The summed E-state index contributed by atoms with van der Waals surface area (Å²) in [4.78, 5) is 29.4. The maximum absolute atomic E-state index is 13.0. The van der Waals surface area contributed by atoms with Crippen LogP contribution in [0.5, 0.6) is 5.75 Å². The fourth-order valence-electron chi connectivity index (χ4n) is 4.61. The van der Waals surface area contributed by atoms with Crippen molar-refractivity contribution in [2.45, 2.75) is 38.5 Å². The zero-order valence-electron chi connectivity index (χ0n) is 17.1. The van der Waals surface area contributed by atoms with Crippen molar-refractivity contribution in [3.63, 3.8) is 0 Å². The van der Waals surface area contributed by atoms with Crippen molar-refractivity contribution < 1.29 is 9.53 Å². The largest absolute Gasteiger partial charge is 0.496 e. The van der Waals surface area contributed by atoms with Gasteiger partial charge in [-0.15, -0.1) is 0 Å². The predicted molar refractivity (Wildman–Crippen MR) is 117 cm³/mol. The summed E-state index contributed by atoms with van der Waals surface area (Å²) in [6.07, 6.45) is 5.54. The lowest BCUT2D eigenvalue weighted by molar-refractivity contribution is 0.0972. The Morgan fingerprint density at radius 2 is 1.77 bits per heavy atom. The van der Waals surface area contributed by atoms with Gasteiger partial charge in [0.1, 0.15) is 11.6 Å². The Bertz CT molecular complexity index is 1140. The Morgan fingerprint density at radius 3 is 2.57 bits per heavy atom. The van der Waals surface area contributed by atoms with Gasteiger partial charge in [0, 0.05) is 36.2 Å². The number of aryl methyl sites for hydroxylation is 1. The van der Waals surface area contributed by atoms with E-state index in [2.05, 4.69) is 9.88 Å². The van der Waals surface area contributed by atoms with E-state index >= 15 is 0 Å². The van der Waals surface area contributed by atoms with Crippen molar-refractivity contribution in [2.24, 2.45) is 0 Å². The molecule has 3 aromatic rings. The molecular weight excluding hydrogens is 378 g/mol. The molecule has 0 bridgehead atoms. The van der Waals surface area contributed by atoms with E-state index < -0.39 is 0 Å². The van der Waals surface area contributed by atoms with Crippen LogP contribution in [-0.2, 0) is 6.42 Å². The second kappa shape index (κ2) is 7.55. The average Bonchev–Trinajstić information content (AvgIpc) is 2.78. The second-order valence-corrected chi connectivity index (χ2v) is 7.94. The minimum atomic E-state index is 0.0889. The Labute approximate surface area is 175 Å². The van der Waals surface area contributed by atoms with Crippen molar-refractivity contribution >= 4 is 28.6 Å². The lowest BCUT2D eigenvalue weighted by Gasteiger charge is -2.27. The van der Waals surface area contributed by atoms with Gasteiger partial charge in [0.05, 0.1) is 18.2 Å². The molecule has 1 aliphatic heterocycles. The first kappa shape index (κ1) is 18.8. The average molecular weight is 403 g/mol. The number of methoxy groups -OCH3 is 1. The van der Waals surface area contributed by atoms with Crippen LogP contribution in [0.15, 0.2) is 24.3 Å². The predicted octanol–water partition coefficient (Wildman–Crippen LogP) is 3.79. The van der Waals surface area contributed by atoms with Crippen LogP contribution in [0.2, 0.25) is 0 Å². The Kier molecular flexibility index (Phi) is 4.73. The number of nitrogens with zero attached hydrogens (tertiary/aromatic N) is 4. The number of hydrogen-bond donors (Lipinski definition) is 1. The number of pyridine rings is 1. The van der Waals surface area contributed by atoms with Crippen LogP contribution in [0.4, 0.5) is 11.8 Å². The van der Waals surface area contributed by atoms with E-state index in [1.54, 1.807) is 7.11 Å². The summed E-state index contributed by atoms with van der Waals surface area (Å²) < 4.78 is 5.61. The molecular formula is C23H25N5O2. The molecule has 154 valence electrons. The van der Waals surface area contributed by atoms with Gasteiger partial charge in [0.25, 0.3) is 0 Å². The summed E-state index contributed by atoms with van der Waals surface area (Å²) in [5, 5.41) is 0.634. The number of benzene rings is 1. The Morgan fingerprint density at radius 1 is 0.967 bits per heavy atom. The van der Waals surface area contributed by atoms with E-state index in [1.807, 2.05) is 24.3 Å². The van der Waals surface area contributed by atoms with Crippen LogP contribution in [0, 0.1) is 0 Å². The topological polar surface area (TPSA) is 94.2 Å². The first-order chi connectivity index (χ1) is 14.7. The molecule has 1 fully saturated rings. The fraction of sp³-hybridized carbons (Fsp3) is 0.391. The third kappa shape index (κ3) is 3.05. The lowest BCUT2D eigenvalue weighted by Crippen LogP contribution is -2.31. The summed E-state index contributed by atoms with van der Waals surface area (Å²) >= 11 is 0. The van der Waals surface area contributed by atoms with Crippen LogP contribution in [0.25, 0.3) is 22.2 Å². The van der Waals surface area contributed by atoms with Crippen molar-refractivity contribution in [3.05, 3.63) is 35.5 Å². The normalized spacial score (nSPS) is 16.6. The highest BCUT2D eigenvalue weighted by Gasteiger charge is 2.29. The summed E-state index contributed by atoms with van der Waals surface area (Å²) in [5.74, 6) is 1.76. The highest BCUT2D eigenvalue weighted by Crippen LogP contribution is 2.42. The third-order valence-electron chi connectivity index (χ3n) is 6.05. The molecule has 7 heteroatoms. The number of anilines is 2. The molecule has 1 aliphatic carbocycles. The minimum absolute atomic E-state index is 0.0889. The number of nitrogens with two attached hydrogens (primary N) is 1. The molecule has 7 nitrogen and oxygen atoms in total. The van der Waals surface area contributed by atoms with E-state index in [1.165, 1.54) is 6.42 Å². The summed E-state index contributed by atoms with van der Waals surface area (Å²) in [6, 6.07) is 7.69. The molecule has 2 aliphatic rings. The quantitative estimate of drug-likeness (QED) is 0.711. The molecule has 0 unspecified atom stereocenters. The van der Waals surface area contributed by atoms with E-state index in [9.17, 15) is 4.79 Å². The van der Waals surface area contributed by atoms with Crippen LogP contribution < -0.4 is 15.4 Å². The molecule has 2 N–H and O–H groups in total. The van der Waals surface area contributed by atoms with Gasteiger partial charge in [-0.25, -0.2) is 4.98 Å². The first-order valence-electron chi connectivity index (χ1n) is 10.6. The monoisotopic (exact) mass is 403 g/mol. The highest BCUT2D eigenvalue weighted by molar-refractivity contribution is 6.13. The Balaban J connectivity index is 1.82. The third-order valence-corrected chi connectivity index (χ3v) is 6.05. The number of nitrogen functional groups attached to an aromatic ring is 1. The number of ether oxygens (including phenoxy) is 1. The van der Waals surface area contributed by atoms with E-state index in [0.717, 1.165) is 55.6 Å². The number of Topliss-reactive ketones (excluding diaryl/α,β-unsaturated/α-hetero) is 1. The van der Waals surface area contributed by atoms with Crippen molar-refractivity contribution in [2.75, 3.05) is 30.8 Å². The molecule has 1 aromatic carbocycles. The number of piperidine rings is 1. The van der Waals surface area contributed by atoms with Gasteiger partial charge < -0.3 is 15.4 Å². The molecule has 0 amide bonds. The summed E-state index contributed by atoms with van der Waals surface area (Å²) in [5.41, 5.74) is 10.1. The van der Waals surface area contributed by atoms with Crippen LogP contribution >= 0.6 is 0 Å². The molecule has 1 saturated heterocycles.